The molecule has 0 saturated heterocycles. The van der Waals surface area contributed by atoms with Gasteiger partial charge in [-0.2, -0.15) is 0 Å². The Labute approximate surface area is 174 Å². The van der Waals surface area contributed by atoms with Gasteiger partial charge in [-0.3, -0.25) is 0 Å². The summed E-state index contributed by atoms with van der Waals surface area (Å²) in [6.07, 6.45) is 10.8. The van der Waals surface area contributed by atoms with Crippen molar-refractivity contribution in [2.24, 2.45) is 0 Å². The minimum Gasteiger partial charge on any atom is -0.466 e. The lowest BCUT2D eigenvalue weighted by Gasteiger charge is -2.33. The Hall–Kier alpha value is -2.73. The van der Waals surface area contributed by atoms with Crippen molar-refractivity contribution in [3.8, 4) is 0 Å². The maximum Gasteiger partial charge on any atom is 0.407 e. The molecule has 0 aromatic heterocycles. The third kappa shape index (κ3) is 6.68. The first-order valence-electron chi connectivity index (χ1n) is 9.59. The van der Waals surface area contributed by atoms with E-state index in [0.717, 1.165) is 10.4 Å². The molecule has 4 nitrogen and oxygen atoms in total. The molecule has 0 unspecified atom stereocenters. The number of ether oxygens (including phenoxy) is 1. The van der Waals surface area contributed by atoms with Gasteiger partial charge in [-0.25, -0.2) is 4.79 Å². The summed E-state index contributed by atoms with van der Waals surface area (Å²) in [5, 5.41) is 2.01. The maximum absolute atomic E-state index is 11.4. The monoisotopic (exact) mass is 408 g/mol. The molecule has 2 rings (SSSR count). The summed E-state index contributed by atoms with van der Waals surface area (Å²) in [7, 11) is -1.68. The molecule has 0 amide bonds. The van der Waals surface area contributed by atoms with Gasteiger partial charge in [-0.15, -0.1) is 0 Å². The largest absolute Gasteiger partial charge is 0.466 e. The van der Waals surface area contributed by atoms with E-state index in [1.807, 2.05) is 98.8 Å². The highest BCUT2D eigenvalue weighted by Gasteiger charge is 2.43. The van der Waals surface area contributed by atoms with E-state index >= 15 is 0 Å². The van der Waals surface area contributed by atoms with E-state index in [4.69, 9.17) is 8.85 Å². The minimum absolute atomic E-state index is 0.164. The molecule has 0 heterocycles. The summed E-state index contributed by atoms with van der Waals surface area (Å²) in [5.41, 5.74) is 0. The van der Waals surface area contributed by atoms with Crippen LogP contribution in [0.15, 0.2) is 97.1 Å². The van der Waals surface area contributed by atoms with Crippen molar-refractivity contribution in [3.63, 3.8) is 0 Å². The first kappa shape index (κ1) is 22.6. The number of benzene rings is 2. The zero-order chi connectivity index (χ0) is 21.0. The molecule has 0 N–H and O–H groups in total. The molecule has 5 heteroatoms. The third-order valence-corrected chi connectivity index (χ3v) is 7.65. The molecule has 152 valence electrons. The SMILES string of the molecule is C/C=C/C=C/[C@H](C)O[Si](OC/C=C/C(=O)OC)(c1ccccc1)c1ccccc1. The van der Waals surface area contributed by atoms with E-state index in [2.05, 4.69) is 4.74 Å². The van der Waals surface area contributed by atoms with Crippen molar-refractivity contribution in [3.05, 3.63) is 97.1 Å². The number of hydrogen-bond donors (Lipinski definition) is 0. The highest BCUT2D eigenvalue weighted by Crippen LogP contribution is 2.14. The normalized spacial score (nSPS) is 13.3. The van der Waals surface area contributed by atoms with Gasteiger partial charge in [0.05, 0.1) is 19.8 Å². The van der Waals surface area contributed by atoms with E-state index in [1.165, 1.54) is 13.2 Å². The summed E-state index contributed by atoms with van der Waals surface area (Å²) >= 11 is 0. The van der Waals surface area contributed by atoms with Crippen LogP contribution in [-0.4, -0.2) is 34.4 Å². The van der Waals surface area contributed by atoms with Crippen LogP contribution in [0.25, 0.3) is 0 Å². The van der Waals surface area contributed by atoms with Gasteiger partial charge in [-0.05, 0) is 24.2 Å². The van der Waals surface area contributed by atoms with Crippen LogP contribution in [-0.2, 0) is 18.4 Å². The van der Waals surface area contributed by atoms with E-state index in [-0.39, 0.29) is 12.7 Å². The van der Waals surface area contributed by atoms with Gasteiger partial charge >= 0.3 is 14.5 Å². The van der Waals surface area contributed by atoms with Crippen LogP contribution < -0.4 is 10.4 Å². The second-order valence-corrected chi connectivity index (χ2v) is 9.23. The molecule has 29 heavy (non-hydrogen) atoms. The van der Waals surface area contributed by atoms with E-state index < -0.39 is 14.5 Å². The van der Waals surface area contributed by atoms with Gasteiger partial charge < -0.3 is 13.6 Å². The van der Waals surface area contributed by atoms with Gasteiger partial charge in [-0.1, -0.05) is 91.0 Å². The fourth-order valence-corrected chi connectivity index (χ4v) is 6.03. The lowest BCUT2D eigenvalue weighted by molar-refractivity contribution is -0.134. The molecular formula is C24H28O4Si. The number of carbonyl (C=O) groups is 1. The summed E-state index contributed by atoms with van der Waals surface area (Å²) in [5.74, 6) is -0.413. The zero-order valence-electron chi connectivity index (χ0n) is 17.2. The summed E-state index contributed by atoms with van der Waals surface area (Å²) in [4.78, 5) is 11.4. The number of esters is 1. The molecule has 0 fully saturated rings. The first-order chi connectivity index (χ1) is 14.1. The summed E-state index contributed by atoms with van der Waals surface area (Å²) in [6, 6.07) is 20.0. The molecule has 1 atom stereocenters. The Kier molecular flexibility index (Phi) is 9.30. The standard InChI is InChI=1S/C24H28O4Si/c1-4-5-8-14-21(2)28-29(22-15-9-6-10-16-22,23-17-11-7-12-18-23)27-20-13-19-24(25)26-3/h4-19,21H,20H2,1-3H3/b5-4+,14-8+,19-13+/t21-/m0/s1. The molecule has 0 bridgehead atoms. The topological polar surface area (TPSA) is 44.8 Å². The van der Waals surface area contributed by atoms with Crippen molar-refractivity contribution in [1.82, 2.24) is 0 Å². The Morgan fingerprint density at radius 2 is 1.59 bits per heavy atom. The van der Waals surface area contributed by atoms with Crippen LogP contribution in [0.3, 0.4) is 0 Å². The molecule has 0 saturated carbocycles. The first-order valence-corrected chi connectivity index (χ1v) is 11.4. The molecule has 2 aromatic carbocycles. The Balaban J connectivity index is 2.44. The van der Waals surface area contributed by atoms with Crippen LogP contribution >= 0.6 is 0 Å². The van der Waals surface area contributed by atoms with E-state index in [0.29, 0.717) is 0 Å². The van der Waals surface area contributed by atoms with Crippen LogP contribution in [0.4, 0.5) is 0 Å². The second-order valence-electron chi connectivity index (χ2n) is 6.32. The van der Waals surface area contributed by atoms with Gasteiger partial charge in [0.1, 0.15) is 0 Å². The number of carbonyl (C=O) groups excluding carboxylic acids is 1. The molecular weight excluding hydrogens is 380 g/mol. The second kappa shape index (κ2) is 12.0. The molecule has 0 spiro atoms. The molecule has 0 aliphatic heterocycles. The predicted molar refractivity (Wildman–Crippen MR) is 120 cm³/mol. The van der Waals surface area contributed by atoms with E-state index in [1.54, 1.807) is 6.08 Å². The number of methoxy groups -OCH3 is 1. The van der Waals surface area contributed by atoms with Crippen molar-refractivity contribution in [1.29, 1.82) is 0 Å². The average Bonchev–Trinajstić information content (AvgIpc) is 2.77. The summed E-state index contributed by atoms with van der Waals surface area (Å²) in [6.45, 7) is 4.21. The molecule has 0 aliphatic carbocycles. The van der Waals surface area contributed by atoms with Gasteiger partial charge in [0.25, 0.3) is 0 Å². The summed E-state index contributed by atoms with van der Waals surface area (Å²) < 4.78 is 17.7. The average molecular weight is 409 g/mol. The maximum atomic E-state index is 11.4. The van der Waals surface area contributed by atoms with Crippen molar-refractivity contribution in [2.75, 3.05) is 13.7 Å². The highest BCUT2D eigenvalue weighted by atomic mass is 28.4. The lowest BCUT2D eigenvalue weighted by atomic mass is 10.3. The van der Waals surface area contributed by atoms with Crippen molar-refractivity contribution >= 4 is 24.9 Å². The smallest absolute Gasteiger partial charge is 0.407 e. The Bertz CT molecular complexity index is 789. The van der Waals surface area contributed by atoms with Crippen LogP contribution in [0.1, 0.15) is 13.8 Å². The predicted octanol–water partition coefficient (Wildman–Crippen LogP) is 3.53. The van der Waals surface area contributed by atoms with Crippen LogP contribution in [0.2, 0.25) is 0 Å². The third-order valence-electron chi connectivity index (χ3n) is 4.18. The van der Waals surface area contributed by atoms with Crippen molar-refractivity contribution < 1.29 is 18.4 Å². The van der Waals surface area contributed by atoms with Gasteiger partial charge in [0.15, 0.2) is 0 Å². The van der Waals surface area contributed by atoms with Crippen LogP contribution in [0.5, 0.6) is 0 Å². The fraction of sp³-hybridized carbons (Fsp3) is 0.208. The zero-order valence-corrected chi connectivity index (χ0v) is 18.2. The number of hydrogen-bond acceptors (Lipinski definition) is 4. The van der Waals surface area contributed by atoms with E-state index in [9.17, 15) is 4.79 Å². The van der Waals surface area contributed by atoms with Gasteiger partial charge in [0.2, 0.25) is 0 Å². The number of allylic oxidation sites excluding steroid dienone is 3. The van der Waals surface area contributed by atoms with Crippen molar-refractivity contribution in [2.45, 2.75) is 20.0 Å². The lowest BCUT2D eigenvalue weighted by Crippen LogP contribution is -2.64. The Morgan fingerprint density at radius 1 is 1.00 bits per heavy atom. The van der Waals surface area contributed by atoms with Gasteiger partial charge in [0, 0.05) is 6.08 Å². The molecule has 0 aliphatic rings. The Morgan fingerprint density at radius 3 is 2.10 bits per heavy atom. The number of rotatable bonds is 10. The fourth-order valence-electron chi connectivity index (χ4n) is 2.83. The van der Waals surface area contributed by atoms with Crippen LogP contribution in [0, 0.1) is 0 Å². The minimum atomic E-state index is -3.03. The molecule has 0 radical (unpaired) electrons. The highest BCUT2D eigenvalue weighted by molar-refractivity contribution is 6.92. The quantitative estimate of drug-likeness (QED) is 0.261. The molecule has 2 aromatic rings.